The molecule has 0 aliphatic carbocycles. The van der Waals surface area contributed by atoms with Crippen molar-refractivity contribution >= 4 is 0 Å². The number of nitrogens with two attached hydrogens (primary N) is 1. The van der Waals surface area contributed by atoms with Crippen molar-refractivity contribution in [1.29, 1.82) is 0 Å². The van der Waals surface area contributed by atoms with E-state index in [1.807, 2.05) is 25.1 Å². The highest BCUT2D eigenvalue weighted by Gasteiger charge is 2.27. The van der Waals surface area contributed by atoms with Gasteiger partial charge in [0.2, 0.25) is 0 Å². The minimum atomic E-state index is -0.607. The summed E-state index contributed by atoms with van der Waals surface area (Å²) in [5, 5.41) is 12.7. The van der Waals surface area contributed by atoms with E-state index in [-0.39, 0.29) is 11.6 Å². The Bertz CT molecular complexity index is 412. The van der Waals surface area contributed by atoms with Crippen LogP contribution in [0.3, 0.4) is 0 Å². The summed E-state index contributed by atoms with van der Waals surface area (Å²) in [7, 11) is 3.22. The molecule has 4 heteroatoms. The molecule has 19 heavy (non-hydrogen) atoms. The molecule has 0 heterocycles. The van der Waals surface area contributed by atoms with Crippen molar-refractivity contribution in [1.82, 2.24) is 0 Å². The first-order valence-electron chi connectivity index (χ1n) is 6.54. The monoisotopic (exact) mass is 268 g/mol. The molecule has 108 valence electrons. The smallest absolute Gasteiger partial charge is 0.134 e. The van der Waals surface area contributed by atoms with E-state index in [9.17, 15) is 5.11 Å². The number of aliphatic hydroxyl groups is 1. The minimum Gasteiger partial charge on any atom is -0.497 e. The third-order valence-corrected chi connectivity index (χ3v) is 3.02. The average molecular weight is 268 g/mol. The highest BCUT2D eigenvalue weighted by atomic mass is 16.5. The van der Waals surface area contributed by atoms with Crippen molar-refractivity contribution in [3.8, 4) is 11.5 Å². The van der Waals surface area contributed by atoms with Crippen LogP contribution in [0.15, 0.2) is 18.2 Å². The first kappa shape index (κ1) is 15.8. The normalized spacial score (nSPS) is 14.9. The first-order valence-corrected chi connectivity index (χ1v) is 6.54. The largest absolute Gasteiger partial charge is 0.497 e. The third-order valence-electron chi connectivity index (χ3n) is 3.02. The fraction of sp³-hybridized carbons (Fsp3) is 0.600. The van der Waals surface area contributed by atoms with Gasteiger partial charge in [0.05, 0.1) is 19.8 Å². The van der Waals surface area contributed by atoms with Crippen LogP contribution in [0.2, 0.25) is 0 Å². The van der Waals surface area contributed by atoms with E-state index in [1.165, 1.54) is 0 Å². The second kappa shape index (κ2) is 6.26. The Kier molecular flexibility index (Phi) is 5.20. The maximum absolute atomic E-state index is 10.5. The summed E-state index contributed by atoms with van der Waals surface area (Å²) in [6.07, 6.45) is -0.607. The van der Waals surface area contributed by atoms with Crippen molar-refractivity contribution in [2.75, 3.05) is 14.2 Å². The van der Waals surface area contributed by atoms with Gasteiger partial charge < -0.3 is 19.9 Å². The number of methoxy groups -OCH3 is 2. The molecule has 0 bridgehead atoms. The van der Waals surface area contributed by atoms with E-state index in [0.717, 1.165) is 11.3 Å². The Balaban J connectivity index is 2.99. The van der Waals surface area contributed by atoms with E-state index in [2.05, 4.69) is 26.1 Å². The van der Waals surface area contributed by atoms with Gasteiger partial charge in [-0.25, -0.2) is 0 Å². The SMILES string of the molecule is COc1ccc(OC)c([C@@H](O)[C@@H](C)[NH2+]C(C)(C)C)c1. The van der Waals surface area contributed by atoms with Gasteiger partial charge in [0.1, 0.15) is 23.6 Å². The van der Waals surface area contributed by atoms with Gasteiger partial charge in [-0.15, -0.1) is 0 Å². The van der Waals surface area contributed by atoms with Crippen LogP contribution in [0.1, 0.15) is 39.4 Å². The lowest BCUT2D eigenvalue weighted by atomic mass is 9.99. The van der Waals surface area contributed by atoms with Gasteiger partial charge in [0.25, 0.3) is 0 Å². The van der Waals surface area contributed by atoms with Crippen LogP contribution in [0.5, 0.6) is 11.5 Å². The molecule has 0 saturated carbocycles. The Morgan fingerprint density at radius 1 is 1.16 bits per heavy atom. The average Bonchev–Trinajstić information content (AvgIpc) is 2.35. The third kappa shape index (κ3) is 4.40. The summed E-state index contributed by atoms with van der Waals surface area (Å²) in [6.45, 7) is 8.38. The molecule has 0 aliphatic heterocycles. The topological polar surface area (TPSA) is 55.3 Å². The van der Waals surface area contributed by atoms with E-state index in [0.29, 0.717) is 5.75 Å². The molecule has 0 unspecified atom stereocenters. The highest BCUT2D eigenvalue weighted by molar-refractivity contribution is 5.41. The van der Waals surface area contributed by atoms with Gasteiger partial charge in [0.15, 0.2) is 0 Å². The number of hydrogen-bond donors (Lipinski definition) is 2. The quantitative estimate of drug-likeness (QED) is 0.850. The predicted molar refractivity (Wildman–Crippen MR) is 75.6 cm³/mol. The van der Waals surface area contributed by atoms with Crippen molar-refractivity contribution in [2.45, 2.75) is 45.4 Å². The number of rotatable bonds is 5. The van der Waals surface area contributed by atoms with Crippen LogP contribution in [0.25, 0.3) is 0 Å². The van der Waals surface area contributed by atoms with Crippen LogP contribution >= 0.6 is 0 Å². The molecule has 3 N–H and O–H groups in total. The number of benzene rings is 1. The van der Waals surface area contributed by atoms with E-state index >= 15 is 0 Å². The molecule has 0 aliphatic rings. The Morgan fingerprint density at radius 3 is 2.26 bits per heavy atom. The van der Waals surface area contributed by atoms with E-state index in [4.69, 9.17) is 9.47 Å². The predicted octanol–water partition coefficient (Wildman–Crippen LogP) is 1.49. The summed E-state index contributed by atoms with van der Waals surface area (Å²) in [5.74, 6) is 1.40. The molecule has 4 nitrogen and oxygen atoms in total. The molecule has 0 fully saturated rings. The van der Waals surface area contributed by atoms with E-state index in [1.54, 1.807) is 14.2 Å². The second-order valence-corrected chi connectivity index (χ2v) is 5.94. The molecule has 1 aromatic carbocycles. The first-order chi connectivity index (χ1) is 8.78. The molecular weight excluding hydrogens is 242 g/mol. The zero-order valence-corrected chi connectivity index (χ0v) is 12.7. The van der Waals surface area contributed by atoms with Crippen molar-refractivity contribution in [3.05, 3.63) is 23.8 Å². The van der Waals surface area contributed by atoms with Gasteiger partial charge in [0, 0.05) is 5.56 Å². The van der Waals surface area contributed by atoms with Crippen LogP contribution in [0.4, 0.5) is 0 Å². The fourth-order valence-corrected chi connectivity index (χ4v) is 2.23. The maximum Gasteiger partial charge on any atom is 0.134 e. The number of quaternary nitrogens is 1. The number of ether oxygens (including phenoxy) is 2. The second-order valence-electron chi connectivity index (χ2n) is 5.94. The zero-order valence-electron chi connectivity index (χ0n) is 12.7. The summed E-state index contributed by atoms with van der Waals surface area (Å²) in [6, 6.07) is 5.51. The van der Waals surface area contributed by atoms with Crippen molar-refractivity contribution < 1.29 is 19.9 Å². The van der Waals surface area contributed by atoms with Gasteiger partial charge >= 0.3 is 0 Å². The van der Waals surface area contributed by atoms with Crippen molar-refractivity contribution in [3.63, 3.8) is 0 Å². The van der Waals surface area contributed by atoms with Crippen LogP contribution in [-0.2, 0) is 0 Å². The summed E-state index contributed by atoms with van der Waals surface area (Å²) in [5.41, 5.74) is 0.821. The zero-order chi connectivity index (χ0) is 14.6. The molecular formula is C15H26NO3+. The molecule has 0 spiro atoms. The molecule has 0 amide bonds. The summed E-state index contributed by atoms with van der Waals surface area (Å²) >= 11 is 0. The van der Waals surface area contributed by atoms with Gasteiger partial charge in [-0.05, 0) is 45.9 Å². The molecule has 0 radical (unpaired) electrons. The van der Waals surface area contributed by atoms with Crippen LogP contribution < -0.4 is 14.8 Å². The lowest BCUT2D eigenvalue weighted by molar-refractivity contribution is -0.751. The van der Waals surface area contributed by atoms with Crippen LogP contribution in [0, 0.1) is 0 Å². The van der Waals surface area contributed by atoms with Crippen LogP contribution in [-0.4, -0.2) is 30.9 Å². The maximum atomic E-state index is 10.5. The number of hydrogen-bond acceptors (Lipinski definition) is 3. The molecule has 1 aromatic rings. The fourth-order valence-electron chi connectivity index (χ4n) is 2.23. The highest BCUT2D eigenvalue weighted by Crippen LogP contribution is 2.30. The molecule has 2 atom stereocenters. The Morgan fingerprint density at radius 2 is 1.79 bits per heavy atom. The molecule has 0 aromatic heterocycles. The molecule has 1 rings (SSSR count). The van der Waals surface area contributed by atoms with Gasteiger partial charge in [-0.2, -0.15) is 0 Å². The van der Waals surface area contributed by atoms with E-state index < -0.39 is 6.10 Å². The standard InChI is InChI=1S/C15H25NO3/c1-10(16-15(2,3)4)14(17)12-9-11(18-5)7-8-13(12)19-6/h7-10,14,16-17H,1-6H3/p+1/t10-,14+/m1/s1. The molecule has 0 saturated heterocycles. The minimum absolute atomic E-state index is 0.0287. The Labute approximate surface area is 115 Å². The van der Waals surface area contributed by atoms with Gasteiger partial charge in [-0.1, -0.05) is 0 Å². The van der Waals surface area contributed by atoms with Crippen molar-refractivity contribution in [2.24, 2.45) is 0 Å². The summed E-state index contributed by atoms with van der Waals surface area (Å²) in [4.78, 5) is 0. The number of aliphatic hydroxyl groups excluding tert-OH is 1. The van der Waals surface area contributed by atoms with Gasteiger partial charge in [-0.3, -0.25) is 0 Å². The lowest BCUT2D eigenvalue weighted by Crippen LogP contribution is -2.99. The summed E-state index contributed by atoms with van der Waals surface area (Å²) < 4.78 is 10.5. The lowest BCUT2D eigenvalue weighted by Gasteiger charge is -2.26. The Hall–Kier alpha value is -1.26.